The zero-order chi connectivity index (χ0) is 10.0. The number of amides is 1. The monoisotopic (exact) mass is 215 g/mol. The lowest BCUT2D eigenvalue weighted by molar-refractivity contribution is -0.122. The predicted octanol–water partition coefficient (Wildman–Crippen LogP) is 2.31. The van der Waals surface area contributed by atoms with E-state index in [4.69, 9.17) is 11.6 Å². The molecule has 0 aromatic rings. The molecule has 2 rings (SSSR count). The first-order chi connectivity index (χ1) is 6.76. The molecule has 2 fully saturated rings. The van der Waals surface area contributed by atoms with E-state index >= 15 is 0 Å². The highest BCUT2D eigenvalue weighted by atomic mass is 35.5. The molecule has 0 aromatic heterocycles. The van der Waals surface area contributed by atoms with Crippen molar-refractivity contribution in [2.75, 3.05) is 12.4 Å². The van der Waals surface area contributed by atoms with Crippen molar-refractivity contribution in [1.29, 1.82) is 0 Å². The Kier molecular flexibility index (Phi) is 3.01. The quantitative estimate of drug-likeness (QED) is 0.717. The third kappa shape index (κ3) is 2.22. The fraction of sp³-hybridized carbons (Fsp3) is 0.909. The van der Waals surface area contributed by atoms with Gasteiger partial charge in [0, 0.05) is 23.8 Å². The molecular weight excluding hydrogens is 198 g/mol. The van der Waals surface area contributed by atoms with Crippen LogP contribution in [0.2, 0.25) is 0 Å². The van der Waals surface area contributed by atoms with Crippen LogP contribution in [-0.4, -0.2) is 18.3 Å². The van der Waals surface area contributed by atoms with Crippen LogP contribution in [0.5, 0.6) is 0 Å². The summed E-state index contributed by atoms with van der Waals surface area (Å²) >= 11 is 5.99. The molecule has 2 nitrogen and oxygen atoms in total. The Morgan fingerprint density at radius 1 is 1.36 bits per heavy atom. The van der Waals surface area contributed by atoms with Crippen molar-refractivity contribution in [3.63, 3.8) is 0 Å². The summed E-state index contributed by atoms with van der Waals surface area (Å²) in [6.07, 6.45) is 7.07. The number of hydrogen-bond acceptors (Lipinski definition) is 1. The lowest BCUT2D eigenvalue weighted by Crippen LogP contribution is -2.37. The van der Waals surface area contributed by atoms with Gasteiger partial charge in [-0.2, -0.15) is 0 Å². The molecule has 0 aromatic carbocycles. The molecule has 0 spiro atoms. The first kappa shape index (κ1) is 10.3. The van der Waals surface area contributed by atoms with Gasteiger partial charge in [-0.1, -0.05) is 12.8 Å². The average Bonchev–Trinajstić information content (AvgIpc) is 2.95. The molecule has 3 heteroatoms. The first-order valence-corrected chi connectivity index (χ1v) is 6.13. The molecule has 2 saturated carbocycles. The lowest BCUT2D eigenvalue weighted by atomic mass is 9.88. The van der Waals surface area contributed by atoms with Crippen molar-refractivity contribution >= 4 is 17.5 Å². The molecular formula is C11H18ClNO. The van der Waals surface area contributed by atoms with Crippen LogP contribution in [0.4, 0.5) is 0 Å². The highest BCUT2D eigenvalue weighted by Gasteiger charge is 2.35. The maximum absolute atomic E-state index is 11.5. The van der Waals surface area contributed by atoms with Crippen molar-refractivity contribution in [1.82, 2.24) is 5.32 Å². The third-order valence-electron chi connectivity index (χ3n) is 3.53. The van der Waals surface area contributed by atoms with Crippen LogP contribution in [0.1, 0.15) is 38.5 Å². The maximum Gasteiger partial charge on any atom is 0.223 e. The maximum atomic E-state index is 11.5. The number of halogens is 1. The second-order valence-corrected chi connectivity index (χ2v) is 5.10. The number of rotatable bonds is 4. The highest BCUT2D eigenvalue weighted by Crippen LogP contribution is 2.38. The van der Waals surface area contributed by atoms with Crippen LogP contribution < -0.4 is 5.32 Å². The molecule has 14 heavy (non-hydrogen) atoms. The van der Waals surface area contributed by atoms with Crippen molar-refractivity contribution in [2.24, 2.45) is 11.3 Å². The van der Waals surface area contributed by atoms with Crippen molar-refractivity contribution in [3.05, 3.63) is 0 Å². The molecule has 0 bridgehead atoms. The van der Waals surface area contributed by atoms with Gasteiger partial charge in [-0.25, -0.2) is 0 Å². The van der Waals surface area contributed by atoms with Crippen LogP contribution in [0.15, 0.2) is 0 Å². The minimum absolute atomic E-state index is 0.214. The molecule has 0 atom stereocenters. The lowest BCUT2D eigenvalue weighted by Gasteiger charge is -2.26. The van der Waals surface area contributed by atoms with E-state index in [2.05, 4.69) is 5.32 Å². The van der Waals surface area contributed by atoms with Crippen LogP contribution in [0.3, 0.4) is 0 Å². The van der Waals surface area contributed by atoms with Crippen molar-refractivity contribution in [3.8, 4) is 0 Å². The van der Waals surface area contributed by atoms with Gasteiger partial charge in [-0.05, 0) is 25.7 Å². The molecule has 80 valence electrons. The molecule has 2 aliphatic carbocycles. The van der Waals surface area contributed by atoms with E-state index in [1.807, 2.05) is 0 Å². The molecule has 0 aliphatic heterocycles. The average molecular weight is 216 g/mol. The second kappa shape index (κ2) is 4.09. The summed E-state index contributed by atoms with van der Waals surface area (Å²) in [5, 5.41) is 3.05. The topological polar surface area (TPSA) is 29.1 Å². The van der Waals surface area contributed by atoms with Gasteiger partial charge < -0.3 is 5.32 Å². The van der Waals surface area contributed by atoms with Gasteiger partial charge >= 0.3 is 0 Å². The van der Waals surface area contributed by atoms with Gasteiger partial charge in [0.2, 0.25) is 5.91 Å². The molecule has 0 unspecified atom stereocenters. The van der Waals surface area contributed by atoms with Gasteiger partial charge in [0.15, 0.2) is 0 Å². The number of carbonyl (C=O) groups is 1. The van der Waals surface area contributed by atoms with Crippen LogP contribution in [0.25, 0.3) is 0 Å². The van der Waals surface area contributed by atoms with Gasteiger partial charge in [0.25, 0.3) is 0 Å². The Morgan fingerprint density at radius 3 is 2.50 bits per heavy atom. The van der Waals surface area contributed by atoms with E-state index < -0.39 is 0 Å². The Bertz CT molecular complexity index is 219. The van der Waals surface area contributed by atoms with Gasteiger partial charge in [-0.15, -0.1) is 11.6 Å². The molecule has 0 radical (unpaired) electrons. The number of carbonyl (C=O) groups excluding carboxylic acids is 1. The largest absolute Gasteiger partial charge is 0.355 e. The normalized spacial score (nSPS) is 24.9. The highest BCUT2D eigenvalue weighted by molar-refractivity contribution is 6.18. The number of alkyl halides is 1. The fourth-order valence-electron chi connectivity index (χ4n) is 2.25. The van der Waals surface area contributed by atoms with E-state index in [0.717, 1.165) is 19.4 Å². The second-order valence-electron chi connectivity index (χ2n) is 4.83. The van der Waals surface area contributed by atoms with Gasteiger partial charge in [0.05, 0.1) is 0 Å². The van der Waals surface area contributed by atoms with E-state index in [-0.39, 0.29) is 11.3 Å². The number of hydrogen-bond donors (Lipinski definition) is 1. The zero-order valence-corrected chi connectivity index (χ0v) is 9.28. The Hall–Kier alpha value is -0.240. The Labute approximate surface area is 90.4 Å². The molecule has 1 N–H and O–H groups in total. The minimum atomic E-state index is 0.214. The van der Waals surface area contributed by atoms with Crippen LogP contribution >= 0.6 is 11.6 Å². The smallest absolute Gasteiger partial charge is 0.223 e. The van der Waals surface area contributed by atoms with E-state index in [1.54, 1.807) is 0 Å². The molecule has 2 aliphatic rings. The predicted molar refractivity (Wildman–Crippen MR) is 57.4 cm³/mol. The van der Waals surface area contributed by atoms with Gasteiger partial charge in [-0.3, -0.25) is 4.79 Å². The fourth-order valence-corrected chi connectivity index (χ4v) is 2.61. The molecule has 0 heterocycles. The zero-order valence-electron chi connectivity index (χ0n) is 8.52. The van der Waals surface area contributed by atoms with Gasteiger partial charge in [0.1, 0.15) is 0 Å². The molecule has 0 saturated heterocycles. The van der Waals surface area contributed by atoms with Crippen LogP contribution in [0, 0.1) is 11.3 Å². The first-order valence-electron chi connectivity index (χ1n) is 5.59. The number of nitrogens with one attached hydrogen (secondary N) is 1. The summed E-state index contributed by atoms with van der Waals surface area (Å²) in [5.74, 6) is 1.27. The SMILES string of the molecule is O=C(NCC1(CCl)CCCC1)C1CC1. The third-order valence-corrected chi connectivity index (χ3v) is 4.10. The summed E-state index contributed by atoms with van der Waals surface area (Å²) in [7, 11) is 0. The molecule has 1 amide bonds. The van der Waals surface area contributed by atoms with E-state index in [1.165, 1.54) is 25.7 Å². The summed E-state index contributed by atoms with van der Waals surface area (Å²) in [6, 6.07) is 0. The summed E-state index contributed by atoms with van der Waals surface area (Å²) < 4.78 is 0. The Morgan fingerprint density at radius 2 is 2.00 bits per heavy atom. The Balaban J connectivity index is 1.79. The van der Waals surface area contributed by atoms with Crippen LogP contribution in [-0.2, 0) is 4.79 Å². The summed E-state index contributed by atoms with van der Waals surface area (Å²) in [5.41, 5.74) is 0.214. The summed E-state index contributed by atoms with van der Waals surface area (Å²) in [4.78, 5) is 11.5. The van der Waals surface area contributed by atoms with Crippen molar-refractivity contribution in [2.45, 2.75) is 38.5 Å². The van der Waals surface area contributed by atoms with E-state index in [9.17, 15) is 4.79 Å². The van der Waals surface area contributed by atoms with Crippen molar-refractivity contribution < 1.29 is 4.79 Å². The summed E-state index contributed by atoms with van der Waals surface area (Å²) in [6.45, 7) is 0.797. The van der Waals surface area contributed by atoms with E-state index in [0.29, 0.717) is 11.8 Å². The minimum Gasteiger partial charge on any atom is -0.355 e. The standard InChI is InChI=1S/C11H18ClNO/c12-7-11(5-1-2-6-11)8-13-10(14)9-3-4-9/h9H,1-8H2,(H,13,14).